The molecular formula is C38H38ClFN8O5. The van der Waals surface area contributed by atoms with Crippen LogP contribution in [0.25, 0.3) is 0 Å². The Kier molecular flexibility index (Phi) is 9.46. The number of anilines is 1. The lowest BCUT2D eigenvalue weighted by atomic mass is 9.93. The van der Waals surface area contributed by atoms with E-state index < -0.39 is 23.7 Å². The fraction of sp³-hybridized carbons (Fsp3) is 0.447. The number of amides is 4. The lowest BCUT2D eigenvalue weighted by Gasteiger charge is -2.41. The number of imide groups is 1. The van der Waals surface area contributed by atoms with Crippen LogP contribution in [-0.4, -0.2) is 87.0 Å². The number of nitrogens with one attached hydrogen (secondary N) is 2. The first-order valence-electron chi connectivity index (χ1n) is 18.1. The summed E-state index contributed by atoms with van der Waals surface area (Å²) in [7, 11) is 0. The summed E-state index contributed by atoms with van der Waals surface area (Å²) in [5.74, 6) is -0.625. The highest BCUT2D eigenvalue weighted by molar-refractivity contribution is 6.31. The molecule has 2 bridgehead atoms. The van der Waals surface area contributed by atoms with Crippen LogP contribution in [0.5, 0.6) is 5.75 Å². The zero-order valence-electron chi connectivity index (χ0n) is 28.9. The predicted octanol–water partition coefficient (Wildman–Crippen LogP) is 3.87. The summed E-state index contributed by atoms with van der Waals surface area (Å²) in [5, 5.41) is 23.6. The molecule has 0 spiro atoms. The number of benzene rings is 2. The van der Waals surface area contributed by atoms with Gasteiger partial charge in [0.15, 0.2) is 11.5 Å². The molecule has 53 heavy (non-hydrogen) atoms. The van der Waals surface area contributed by atoms with Gasteiger partial charge in [0.25, 0.3) is 11.8 Å². The van der Waals surface area contributed by atoms with Crippen LogP contribution in [0.1, 0.15) is 88.9 Å². The SMILES string of the molecule is N#Cc1ccc(OC2CCC(NC(=O)c3ccc(N4C5CCC4CN(Cc4ccc6c(c4F)CN(C4CCC(=O)NC4=O)C6=O)C5)nn3)CC2)cc1Cl. The maximum absolute atomic E-state index is 15.9. The lowest BCUT2D eigenvalue weighted by molar-refractivity contribution is -0.136. The highest BCUT2D eigenvalue weighted by Crippen LogP contribution is 2.36. The number of hydrogen-bond acceptors (Lipinski definition) is 10. The number of carbonyl (C=O) groups is 4. The minimum absolute atomic E-state index is 0.000996. The Morgan fingerprint density at radius 1 is 1.00 bits per heavy atom. The van der Waals surface area contributed by atoms with Gasteiger partial charge in [0, 0.05) is 66.9 Å². The molecule has 1 aliphatic carbocycles. The van der Waals surface area contributed by atoms with E-state index in [-0.39, 0.29) is 66.7 Å². The monoisotopic (exact) mass is 740 g/mol. The van der Waals surface area contributed by atoms with Gasteiger partial charge in [-0.3, -0.25) is 29.4 Å². The van der Waals surface area contributed by atoms with Crippen LogP contribution in [0.4, 0.5) is 10.2 Å². The number of piperazine rings is 1. The van der Waals surface area contributed by atoms with Crippen molar-refractivity contribution >= 4 is 41.0 Å². The largest absolute Gasteiger partial charge is 0.490 e. The van der Waals surface area contributed by atoms with Crippen LogP contribution in [0.3, 0.4) is 0 Å². The van der Waals surface area contributed by atoms with E-state index in [9.17, 15) is 19.2 Å². The number of aromatic nitrogens is 2. The van der Waals surface area contributed by atoms with Crippen LogP contribution >= 0.6 is 11.6 Å². The summed E-state index contributed by atoms with van der Waals surface area (Å²) < 4.78 is 22.0. The van der Waals surface area contributed by atoms with E-state index in [1.165, 1.54) is 4.90 Å². The Bertz CT molecular complexity index is 2000. The van der Waals surface area contributed by atoms with Crippen molar-refractivity contribution < 1.29 is 28.3 Å². The topological polar surface area (TPSA) is 161 Å². The first-order valence-corrected chi connectivity index (χ1v) is 18.5. The van der Waals surface area contributed by atoms with Crippen molar-refractivity contribution in [2.75, 3.05) is 18.0 Å². The number of hydrogen-bond donors (Lipinski definition) is 2. The normalized spacial score (nSPS) is 25.5. The molecule has 4 fully saturated rings. The Labute approximate surface area is 310 Å². The van der Waals surface area contributed by atoms with Gasteiger partial charge in [-0.2, -0.15) is 5.26 Å². The van der Waals surface area contributed by atoms with Gasteiger partial charge in [-0.05, 0) is 75.3 Å². The third-order valence-corrected chi connectivity index (χ3v) is 11.5. The molecular weight excluding hydrogens is 703 g/mol. The fourth-order valence-corrected chi connectivity index (χ4v) is 8.74. The first-order chi connectivity index (χ1) is 25.6. The van der Waals surface area contributed by atoms with Gasteiger partial charge >= 0.3 is 0 Å². The van der Waals surface area contributed by atoms with E-state index in [2.05, 4.69) is 30.6 Å². The van der Waals surface area contributed by atoms with E-state index in [4.69, 9.17) is 21.6 Å². The minimum atomic E-state index is -0.792. The van der Waals surface area contributed by atoms with Gasteiger partial charge in [0.1, 0.15) is 23.7 Å². The summed E-state index contributed by atoms with van der Waals surface area (Å²) in [6.07, 6.45) is 5.33. The van der Waals surface area contributed by atoms with Crippen molar-refractivity contribution in [3.05, 3.63) is 81.3 Å². The number of ether oxygens (including phenoxy) is 1. The number of nitrogens with zero attached hydrogens (tertiary/aromatic N) is 6. The van der Waals surface area contributed by atoms with E-state index in [1.807, 2.05) is 12.1 Å². The molecule has 3 unspecified atom stereocenters. The van der Waals surface area contributed by atoms with Gasteiger partial charge < -0.3 is 19.9 Å². The van der Waals surface area contributed by atoms with Gasteiger partial charge in [-0.25, -0.2) is 4.39 Å². The molecule has 4 aliphatic heterocycles. The number of fused-ring (bicyclic) bond motifs is 3. The molecule has 3 aromatic rings. The summed E-state index contributed by atoms with van der Waals surface area (Å²) in [6, 6.07) is 13.5. The van der Waals surface area contributed by atoms with Crippen LogP contribution in [0.15, 0.2) is 42.5 Å². The molecule has 0 radical (unpaired) electrons. The number of halogens is 2. The Morgan fingerprint density at radius 3 is 2.45 bits per heavy atom. The van der Waals surface area contributed by atoms with Gasteiger partial charge in [-0.1, -0.05) is 17.7 Å². The summed E-state index contributed by atoms with van der Waals surface area (Å²) in [4.78, 5) is 56.1. The van der Waals surface area contributed by atoms with Gasteiger partial charge in [0.2, 0.25) is 11.8 Å². The molecule has 13 nitrogen and oxygen atoms in total. The van der Waals surface area contributed by atoms with Crippen molar-refractivity contribution in [1.29, 1.82) is 5.26 Å². The van der Waals surface area contributed by atoms with E-state index >= 15 is 4.39 Å². The molecule has 2 aromatic carbocycles. The minimum Gasteiger partial charge on any atom is -0.490 e. The van der Waals surface area contributed by atoms with Crippen molar-refractivity contribution in [2.45, 2.75) is 94.7 Å². The highest BCUT2D eigenvalue weighted by Gasteiger charge is 2.43. The first kappa shape index (κ1) is 34.9. The second kappa shape index (κ2) is 14.4. The quantitative estimate of drug-likeness (QED) is 0.325. The highest BCUT2D eigenvalue weighted by atomic mass is 35.5. The summed E-state index contributed by atoms with van der Waals surface area (Å²) in [6.45, 7) is 1.78. The van der Waals surface area contributed by atoms with Crippen molar-refractivity contribution in [1.82, 2.24) is 30.6 Å². The molecule has 3 atom stereocenters. The van der Waals surface area contributed by atoms with E-state index in [0.717, 1.165) is 38.5 Å². The second-order valence-electron chi connectivity index (χ2n) is 14.5. The fourth-order valence-electron chi connectivity index (χ4n) is 8.53. The number of rotatable bonds is 8. The molecule has 8 rings (SSSR count). The van der Waals surface area contributed by atoms with E-state index in [1.54, 1.807) is 36.4 Å². The lowest BCUT2D eigenvalue weighted by Crippen LogP contribution is -2.54. The van der Waals surface area contributed by atoms with Crippen molar-refractivity contribution in [3.8, 4) is 11.8 Å². The summed E-state index contributed by atoms with van der Waals surface area (Å²) >= 11 is 6.14. The van der Waals surface area contributed by atoms with Gasteiger partial charge in [0.05, 0.1) is 23.2 Å². The molecule has 2 N–H and O–H groups in total. The smallest absolute Gasteiger partial charge is 0.272 e. The molecule has 5 aliphatic rings. The maximum atomic E-state index is 15.9. The Morgan fingerprint density at radius 2 is 1.77 bits per heavy atom. The summed E-state index contributed by atoms with van der Waals surface area (Å²) in [5.41, 5.74) is 1.72. The van der Waals surface area contributed by atoms with Crippen molar-refractivity contribution in [3.63, 3.8) is 0 Å². The average molecular weight is 741 g/mol. The van der Waals surface area contributed by atoms with E-state index in [0.29, 0.717) is 52.9 Å². The Hall–Kier alpha value is -5.13. The zero-order valence-corrected chi connectivity index (χ0v) is 29.6. The third-order valence-electron chi connectivity index (χ3n) is 11.2. The number of piperidine rings is 1. The predicted molar refractivity (Wildman–Crippen MR) is 189 cm³/mol. The van der Waals surface area contributed by atoms with Crippen LogP contribution in [0.2, 0.25) is 5.02 Å². The maximum Gasteiger partial charge on any atom is 0.272 e. The second-order valence-corrected chi connectivity index (χ2v) is 15.0. The molecule has 3 saturated heterocycles. The third kappa shape index (κ3) is 6.91. The molecule has 4 amide bonds. The molecule has 5 heterocycles. The van der Waals surface area contributed by atoms with Crippen LogP contribution in [0, 0.1) is 17.1 Å². The number of likely N-dealkylation sites (tertiary alicyclic amines) is 1. The molecule has 1 saturated carbocycles. The number of carbonyl (C=O) groups excluding carboxylic acids is 4. The average Bonchev–Trinajstić information content (AvgIpc) is 3.62. The zero-order chi connectivity index (χ0) is 36.8. The number of nitriles is 1. The Balaban J connectivity index is 0.838. The standard InChI is InChI=1S/C38H38ClFN8O5/c39-30-15-27(7-1-21(30)16-41)53-26-8-3-23(4-9-26)42-36(50)31-11-13-33(45-44-31)48-24-5-6-25(48)19-46(18-24)17-22-2-10-28-29(35(22)40)20-47(38(28)52)32-12-14-34(49)43-37(32)51/h1-2,7,10-11,13,15,23-26,32H,3-6,8-9,12,14,17-20H2,(H,42,50)(H,43,49,51). The van der Waals surface area contributed by atoms with Gasteiger partial charge in [-0.15, -0.1) is 10.2 Å². The molecule has 15 heteroatoms. The van der Waals surface area contributed by atoms with Crippen molar-refractivity contribution in [2.24, 2.45) is 0 Å². The molecule has 274 valence electrons. The van der Waals surface area contributed by atoms with Crippen LogP contribution < -0.4 is 20.3 Å². The molecule has 1 aromatic heterocycles. The van der Waals surface area contributed by atoms with Crippen LogP contribution in [-0.2, 0) is 22.7 Å².